The summed E-state index contributed by atoms with van der Waals surface area (Å²) in [5.41, 5.74) is 2.52. The minimum Gasteiger partial charge on any atom is -0.407 e. The molecular formula is C22H20ClN3O3. The molecule has 0 bridgehead atoms. The summed E-state index contributed by atoms with van der Waals surface area (Å²) in [4.78, 5) is 23.9. The Morgan fingerprint density at radius 3 is 2.41 bits per heavy atom. The van der Waals surface area contributed by atoms with E-state index >= 15 is 0 Å². The van der Waals surface area contributed by atoms with Gasteiger partial charge in [0.05, 0.1) is 6.21 Å². The number of para-hydroxylation sites is 1. The Morgan fingerprint density at radius 2 is 1.79 bits per heavy atom. The zero-order valence-corrected chi connectivity index (χ0v) is 17.1. The van der Waals surface area contributed by atoms with E-state index in [1.807, 2.05) is 41.9 Å². The van der Waals surface area contributed by atoms with E-state index in [0.717, 1.165) is 27.2 Å². The molecule has 0 unspecified atom stereocenters. The molecule has 148 valence electrons. The van der Waals surface area contributed by atoms with Crippen LogP contribution >= 0.6 is 11.6 Å². The van der Waals surface area contributed by atoms with Crippen molar-refractivity contribution in [3.05, 3.63) is 76.8 Å². The number of ether oxygens (including phenoxy) is 1. The number of aryl methyl sites for hydroxylation is 1. The van der Waals surface area contributed by atoms with Crippen LogP contribution in [0.15, 0.2) is 65.6 Å². The van der Waals surface area contributed by atoms with E-state index in [-0.39, 0.29) is 5.88 Å². The summed E-state index contributed by atoms with van der Waals surface area (Å²) in [7, 11) is 1.90. The van der Waals surface area contributed by atoms with Crippen LogP contribution in [0.5, 0.6) is 0 Å². The third-order valence-electron chi connectivity index (χ3n) is 4.21. The van der Waals surface area contributed by atoms with Gasteiger partial charge in [-0.1, -0.05) is 41.9 Å². The van der Waals surface area contributed by atoms with Gasteiger partial charge >= 0.3 is 5.97 Å². The minimum atomic E-state index is -0.553. The summed E-state index contributed by atoms with van der Waals surface area (Å²) in [5.74, 6) is -0.939. The predicted octanol–water partition coefficient (Wildman–Crippen LogP) is 4.58. The molecule has 0 aliphatic rings. The molecule has 7 heteroatoms. The zero-order valence-electron chi connectivity index (χ0n) is 16.3. The van der Waals surface area contributed by atoms with Crippen LogP contribution in [0.2, 0.25) is 5.02 Å². The van der Waals surface area contributed by atoms with Crippen LogP contribution in [0.1, 0.15) is 25.1 Å². The Kier molecular flexibility index (Phi) is 6.14. The number of hydrogen-bond donors (Lipinski definition) is 0. The van der Waals surface area contributed by atoms with Crippen LogP contribution in [0.4, 0.5) is 0 Å². The molecular weight excluding hydrogens is 390 g/mol. The first-order chi connectivity index (χ1) is 13.8. The van der Waals surface area contributed by atoms with E-state index in [1.165, 1.54) is 20.1 Å². The van der Waals surface area contributed by atoms with Gasteiger partial charge in [-0.05, 0) is 29.8 Å². The molecule has 0 aliphatic carbocycles. The fourth-order valence-corrected chi connectivity index (χ4v) is 2.95. The zero-order chi connectivity index (χ0) is 21.0. The maximum atomic E-state index is 12.2. The van der Waals surface area contributed by atoms with E-state index in [2.05, 4.69) is 5.10 Å². The summed E-state index contributed by atoms with van der Waals surface area (Å²) in [6, 6.07) is 16.8. The van der Waals surface area contributed by atoms with Crippen molar-refractivity contribution in [2.75, 3.05) is 0 Å². The van der Waals surface area contributed by atoms with E-state index in [9.17, 15) is 9.59 Å². The van der Waals surface area contributed by atoms with Crippen molar-refractivity contribution in [3.8, 4) is 0 Å². The number of aromatic nitrogens is 1. The van der Waals surface area contributed by atoms with Crippen molar-refractivity contribution >= 4 is 46.7 Å². The highest BCUT2D eigenvalue weighted by molar-refractivity contribution is 6.30. The molecule has 3 rings (SSSR count). The molecule has 0 atom stereocenters. The number of fused-ring (bicyclic) bond motifs is 1. The van der Waals surface area contributed by atoms with E-state index in [1.54, 1.807) is 30.3 Å². The Labute approximate surface area is 173 Å². The standard InChI is InChI=1S/C22H20ClN3O3/c1-15(27)26(24-14-17-8-10-19(23)11-9-17)22(29-16(2)28)13-20-12-18-6-4-5-7-21(18)25(20)3/h4-14H,1-3H3/b22-13-,24-14-. The van der Waals surface area contributed by atoms with Crippen LogP contribution in [0, 0.1) is 0 Å². The normalized spacial score (nSPS) is 11.8. The van der Waals surface area contributed by atoms with Gasteiger partial charge in [-0.25, -0.2) is 0 Å². The number of benzene rings is 2. The third kappa shape index (κ3) is 4.92. The second-order valence-corrected chi connectivity index (χ2v) is 6.83. The molecule has 0 radical (unpaired) electrons. The maximum Gasteiger partial charge on any atom is 0.309 e. The van der Waals surface area contributed by atoms with Gasteiger partial charge in [0.2, 0.25) is 11.8 Å². The molecule has 0 fully saturated rings. The van der Waals surface area contributed by atoms with Gasteiger partial charge < -0.3 is 9.30 Å². The van der Waals surface area contributed by atoms with Crippen LogP contribution in [0.3, 0.4) is 0 Å². The summed E-state index contributed by atoms with van der Waals surface area (Å²) < 4.78 is 7.26. The summed E-state index contributed by atoms with van der Waals surface area (Å²) >= 11 is 5.89. The highest BCUT2D eigenvalue weighted by atomic mass is 35.5. The van der Waals surface area contributed by atoms with Crippen molar-refractivity contribution in [1.82, 2.24) is 9.58 Å². The first-order valence-corrected chi connectivity index (χ1v) is 9.28. The van der Waals surface area contributed by atoms with Gasteiger partial charge in [0, 0.05) is 48.6 Å². The molecule has 0 N–H and O–H groups in total. The number of rotatable bonds is 5. The molecule has 2 aromatic carbocycles. The van der Waals surface area contributed by atoms with Crippen LogP contribution in [0.25, 0.3) is 17.0 Å². The largest absolute Gasteiger partial charge is 0.407 e. The van der Waals surface area contributed by atoms with Gasteiger partial charge in [0.15, 0.2) is 0 Å². The Bertz CT molecular complexity index is 1110. The quantitative estimate of drug-likeness (QED) is 0.268. The second-order valence-electron chi connectivity index (χ2n) is 6.39. The highest BCUT2D eigenvalue weighted by Gasteiger charge is 2.18. The number of halogens is 1. The van der Waals surface area contributed by atoms with Crippen LogP contribution in [-0.2, 0) is 21.4 Å². The van der Waals surface area contributed by atoms with Crippen molar-refractivity contribution in [3.63, 3.8) is 0 Å². The molecule has 6 nitrogen and oxygen atoms in total. The van der Waals surface area contributed by atoms with E-state index in [4.69, 9.17) is 16.3 Å². The van der Waals surface area contributed by atoms with Gasteiger partial charge in [0.25, 0.3) is 0 Å². The molecule has 1 aromatic heterocycles. The maximum absolute atomic E-state index is 12.2. The molecule has 29 heavy (non-hydrogen) atoms. The van der Waals surface area contributed by atoms with Gasteiger partial charge in [0.1, 0.15) is 0 Å². The van der Waals surface area contributed by atoms with Gasteiger partial charge in [-0.2, -0.15) is 10.1 Å². The van der Waals surface area contributed by atoms with Crippen molar-refractivity contribution < 1.29 is 14.3 Å². The Hall–Kier alpha value is -3.38. The number of hydrazone groups is 1. The lowest BCUT2D eigenvalue weighted by Gasteiger charge is -2.17. The number of amides is 1. The summed E-state index contributed by atoms with van der Waals surface area (Å²) in [6.45, 7) is 2.62. The fourth-order valence-electron chi connectivity index (χ4n) is 2.82. The average molecular weight is 410 g/mol. The number of nitrogens with zero attached hydrogens (tertiary/aromatic N) is 3. The topological polar surface area (TPSA) is 63.9 Å². The molecule has 1 heterocycles. The molecule has 0 aliphatic heterocycles. The monoisotopic (exact) mass is 409 g/mol. The number of carbonyl (C=O) groups is 2. The van der Waals surface area contributed by atoms with Crippen LogP contribution in [-0.4, -0.2) is 27.7 Å². The first-order valence-electron chi connectivity index (χ1n) is 8.90. The van der Waals surface area contributed by atoms with Crippen LogP contribution < -0.4 is 0 Å². The van der Waals surface area contributed by atoms with Crippen molar-refractivity contribution in [1.29, 1.82) is 0 Å². The average Bonchev–Trinajstić information content (AvgIpc) is 2.98. The summed E-state index contributed by atoms with van der Waals surface area (Å²) in [5, 5.41) is 6.90. The minimum absolute atomic E-state index is 0.0149. The number of carbonyl (C=O) groups excluding carboxylic acids is 2. The molecule has 0 saturated heterocycles. The van der Waals surface area contributed by atoms with Crippen molar-refractivity contribution in [2.24, 2.45) is 12.1 Å². The predicted molar refractivity (Wildman–Crippen MR) is 114 cm³/mol. The number of esters is 1. The molecule has 1 amide bonds. The lowest BCUT2D eigenvalue weighted by molar-refractivity contribution is -0.142. The lowest BCUT2D eigenvalue weighted by atomic mass is 10.2. The third-order valence-corrected chi connectivity index (χ3v) is 4.46. The van der Waals surface area contributed by atoms with E-state index in [0.29, 0.717) is 5.02 Å². The highest BCUT2D eigenvalue weighted by Crippen LogP contribution is 2.22. The molecule has 0 spiro atoms. The molecule has 3 aromatic rings. The van der Waals surface area contributed by atoms with Crippen molar-refractivity contribution in [2.45, 2.75) is 13.8 Å². The SMILES string of the molecule is CC(=O)O/C(=C\c1cc2ccccc2n1C)N(/N=C\c1ccc(Cl)cc1)C(C)=O. The van der Waals surface area contributed by atoms with Gasteiger partial charge in [-0.15, -0.1) is 0 Å². The first kappa shape index (κ1) is 20.4. The van der Waals surface area contributed by atoms with Gasteiger partial charge in [-0.3, -0.25) is 9.59 Å². The Balaban J connectivity index is 2.02. The smallest absolute Gasteiger partial charge is 0.309 e. The summed E-state index contributed by atoms with van der Waals surface area (Å²) in [6.07, 6.45) is 3.11. The van der Waals surface area contributed by atoms with E-state index < -0.39 is 11.9 Å². The lowest BCUT2D eigenvalue weighted by Crippen LogP contribution is -2.25. The second kappa shape index (κ2) is 8.75. The molecule has 0 saturated carbocycles. The Morgan fingerprint density at radius 1 is 1.10 bits per heavy atom. The fraction of sp³-hybridized carbons (Fsp3) is 0.136. The number of hydrogen-bond acceptors (Lipinski definition) is 4.